The lowest BCUT2D eigenvalue weighted by molar-refractivity contribution is 0.303. The maximum Gasteiger partial charge on any atom is 0.203 e. The lowest BCUT2D eigenvalue weighted by Crippen LogP contribution is -2.42. The van der Waals surface area contributed by atoms with E-state index in [2.05, 4.69) is 41.8 Å². The molecule has 0 amide bonds. The highest BCUT2D eigenvalue weighted by molar-refractivity contribution is 5.33. The number of aromatic nitrogens is 2. The first-order valence-corrected chi connectivity index (χ1v) is 6.45. The van der Waals surface area contributed by atoms with Crippen LogP contribution in [0, 0.1) is 6.92 Å². The summed E-state index contributed by atoms with van der Waals surface area (Å²) in [5.74, 6) is 1.06. The maximum absolute atomic E-state index is 4.58. The van der Waals surface area contributed by atoms with Crippen LogP contribution in [0.3, 0.4) is 0 Å². The standard InChI is InChI=1S/C13H23N3/c1-4-5-9-16-10-11(2)14-12(16)15-13(3)7-6-8-13/h10H,4-9H2,1-3H3,(H,14,15). The van der Waals surface area contributed by atoms with Gasteiger partial charge in [-0.05, 0) is 39.5 Å². The zero-order valence-electron chi connectivity index (χ0n) is 10.7. The Labute approximate surface area is 98.3 Å². The average molecular weight is 221 g/mol. The van der Waals surface area contributed by atoms with Crippen molar-refractivity contribution >= 4 is 5.95 Å². The van der Waals surface area contributed by atoms with Crippen LogP contribution in [0.2, 0.25) is 0 Å². The molecule has 90 valence electrons. The fraction of sp³-hybridized carbons (Fsp3) is 0.769. The molecule has 0 aromatic carbocycles. The molecule has 1 aliphatic rings. The van der Waals surface area contributed by atoms with Crippen LogP contribution < -0.4 is 5.32 Å². The van der Waals surface area contributed by atoms with Crippen molar-refractivity contribution in [1.82, 2.24) is 9.55 Å². The number of anilines is 1. The molecule has 1 fully saturated rings. The Morgan fingerprint density at radius 3 is 2.81 bits per heavy atom. The van der Waals surface area contributed by atoms with Crippen molar-refractivity contribution in [3.05, 3.63) is 11.9 Å². The quantitative estimate of drug-likeness (QED) is 0.826. The van der Waals surface area contributed by atoms with Crippen LogP contribution in [0.15, 0.2) is 6.20 Å². The van der Waals surface area contributed by atoms with Crippen molar-refractivity contribution in [2.24, 2.45) is 0 Å². The highest BCUT2D eigenvalue weighted by atomic mass is 15.2. The number of nitrogens with zero attached hydrogens (tertiary/aromatic N) is 2. The summed E-state index contributed by atoms with van der Waals surface area (Å²) in [7, 11) is 0. The fourth-order valence-corrected chi connectivity index (χ4v) is 2.25. The van der Waals surface area contributed by atoms with Gasteiger partial charge in [0, 0.05) is 18.3 Å². The molecule has 0 saturated heterocycles. The van der Waals surface area contributed by atoms with E-state index in [1.807, 2.05) is 0 Å². The summed E-state index contributed by atoms with van der Waals surface area (Å²) in [5.41, 5.74) is 1.41. The van der Waals surface area contributed by atoms with Gasteiger partial charge in [-0.15, -0.1) is 0 Å². The van der Waals surface area contributed by atoms with Crippen molar-refractivity contribution in [2.45, 2.75) is 65.0 Å². The van der Waals surface area contributed by atoms with Crippen LogP contribution >= 0.6 is 0 Å². The van der Waals surface area contributed by atoms with E-state index in [0.717, 1.165) is 18.2 Å². The molecule has 1 aromatic heterocycles. The molecule has 0 radical (unpaired) electrons. The molecule has 1 saturated carbocycles. The second kappa shape index (κ2) is 4.48. The van der Waals surface area contributed by atoms with Gasteiger partial charge in [0.25, 0.3) is 0 Å². The van der Waals surface area contributed by atoms with Crippen molar-refractivity contribution in [2.75, 3.05) is 5.32 Å². The summed E-state index contributed by atoms with van der Waals surface area (Å²) < 4.78 is 2.27. The lowest BCUT2D eigenvalue weighted by atomic mass is 9.79. The summed E-state index contributed by atoms with van der Waals surface area (Å²) in [4.78, 5) is 4.58. The van der Waals surface area contributed by atoms with Gasteiger partial charge >= 0.3 is 0 Å². The second-order valence-electron chi connectivity index (χ2n) is 5.29. The fourth-order valence-electron chi connectivity index (χ4n) is 2.25. The summed E-state index contributed by atoms with van der Waals surface area (Å²) in [5, 5.41) is 3.60. The minimum Gasteiger partial charge on any atom is -0.350 e. The highest BCUT2D eigenvalue weighted by Gasteiger charge is 2.32. The average Bonchev–Trinajstić information content (AvgIpc) is 2.53. The minimum absolute atomic E-state index is 0.293. The van der Waals surface area contributed by atoms with Crippen LogP contribution in [-0.4, -0.2) is 15.1 Å². The van der Waals surface area contributed by atoms with E-state index >= 15 is 0 Å². The van der Waals surface area contributed by atoms with Gasteiger partial charge < -0.3 is 9.88 Å². The molecule has 0 spiro atoms. The topological polar surface area (TPSA) is 29.9 Å². The number of hydrogen-bond acceptors (Lipinski definition) is 2. The number of imidazole rings is 1. The third kappa shape index (κ3) is 2.39. The van der Waals surface area contributed by atoms with Crippen molar-refractivity contribution in [3.63, 3.8) is 0 Å². The number of rotatable bonds is 5. The first kappa shape index (κ1) is 11.5. The van der Waals surface area contributed by atoms with Crippen molar-refractivity contribution < 1.29 is 0 Å². The van der Waals surface area contributed by atoms with E-state index in [1.54, 1.807) is 0 Å². The Bertz CT molecular complexity index is 350. The van der Waals surface area contributed by atoms with E-state index in [4.69, 9.17) is 0 Å². The molecule has 3 nitrogen and oxygen atoms in total. The predicted molar refractivity (Wildman–Crippen MR) is 67.8 cm³/mol. The Balaban J connectivity index is 2.06. The number of aryl methyl sites for hydroxylation is 2. The lowest BCUT2D eigenvalue weighted by Gasteiger charge is -2.39. The summed E-state index contributed by atoms with van der Waals surface area (Å²) >= 11 is 0. The van der Waals surface area contributed by atoms with Gasteiger partial charge in [0.15, 0.2) is 0 Å². The van der Waals surface area contributed by atoms with E-state index in [-0.39, 0.29) is 0 Å². The van der Waals surface area contributed by atoms with Gasteiger partial charge in [-0.25, -0.2) is 4.98 Å². The van der Waals surface area contributed by atoms with Gasteiger partial charge in [-0.3, -0.25) is 0 Å². The largest absolute Gasteiger partial charge is 0.350 e. The van der Waals surface area contributed by atoms with Crippen LogP contribution in [0.25, 0.3) is 0 Å². The number of hydrogen-bond donors (Lipinski definition) is 1. The van der Waals surface area contributed by atoms with Crippen molar-refractivity contribution in [1.29, 1.82) is 0 Å². The molecule has 0 atom stereocenters. The second-order valence-corrected chi connectivity index (χ2v) is 5.29. The number of nitrogens with one attached hydrogen (secondary N) is 1. The molecule has 3 heteroatoms. The molecule has 1 aliphatic carbocycles. The Hall–Kier alpha value is -0.990. The third-order valence-electron chi connectivity index (χ3n) is 3.52. The molecule has 0 bridgehead atoms. The molecular weight excluding hydrogens is 198 g/mol. The SMILES string of the molecule is CCCCn1cc(C)nc1NC1(C)CCC1. The summed E-state index contributed by atoms with van der Waals surface area (Å²) in [6.07, 6.45) is 8.49. The van der Waals surface area contributed by atoms with Crippen LogP contribution in [0.4, 0.5) is 5.95 Å². The van der Waals surface area contributed by atoms with E-state index in [0.29, 0.717) is 5.54 Å². The summed E-state index contributed by atoms with van der Waals surface area (Å²) in [6, 6.07) is 0. The zero-order valence-corrected chi connectivity index (χ0v) is 10.7. The first-order chi connectivity index (χ1) is 7.63. The van der Waals surface area contributed by atoms with E-state index in [9.17, 15) is 0 Å². The maximum atomic E-state index is 4.58. The van der Waals surface area contributed by atoms with Gasteiger partial charge in [-0.1, -0.05) is 13.3 Å². The van der Waals surface area contributed by atoms with Crippen LogP contribution in [-0.2, 0) is 6.54 Å². The predicted octanol–water partition coefficient (Wildman–Crippen LogP) is 3.35. The Kier molecular flexibility index (Phi) is 3.22. The molecule has 2 rings (SSSR count). The van der Waals surface area contributed by atoms with Gasteiger partial charge in [0.1, 0.15) is 0 Å². The Morgan fingerprint density at radius 2 is 2.25 bits per heavy atom. The zero-order chi connectivity index (χ0) is 11.6. The smallest absolute Gasteiger partial charge is 0.203 e. The third-order valence-corrected chi connectivity index (χ3v) is 3.52. The molecule has 0 aliphatic heterocycles. The van der Waals surface area contributed by atoms with Gasteiger partial charge in [-0.2, -0.15) is 0 Å². The van der Waals surface area contributed by atoms with Crippen LogP contribution in [0.5, 0.6) is 0 Å². The molecular formula is C13H23N3. The highest BCUT2D eigenvalue weighted by Crippen LogP contribution is 2.34. The van der Waals surface area contributed by atoms with Gasteiger partial charge in [0.2, 0.25) is 5.95 Å². The van der Waals surface area contributed by atoms with E-state index < -0.39 is 0 Å². The minimum atomic E-state index is 0.293. The molecule has 16 heavy (non-hydrogen) atoms. The van der Waals surface area contributed by atoms with Crippen molar-refractivity contribution in [3.8, 4) is 0 Å². The normalized spacial score (nSPS) is 18.2. The summed E-state index contributed by atoms with van der Waals surface area (Å²) in [6.45, 7) is 7.67. The van der Waals surface area contributed by atoms with Crippen LogP contribution in [0.1, 0.15) is 51.6 Å². The molecule has 1 aromatic rings. The Morgan fingerprint density at radius 1 is 1.50 bits per heavy atom. The first-order valence-electron chi connectivity index (χ1n) is 6.45. The van der Waals surface area contributed by atoms with Gasteiger partial charge in [0.05, 0.1) is 5.69 Å². The van der Waals surface area contributed by atoms with E-state index in [1.165, 1.54) is 32.1 Å². The monoisotopic (exact) mass is 221 g/mol. The molecule has 1 N–H and O–H groups in total. The molecule has 1 heterocycles. The number of unbranched alkanes of at least 4 members (excludes halogenated alkanes) is 1. The molecule has 0 unspecified atom stereocenters.